The minimum Gasteiger partial charge on any atom is -0.368 e. The van der Waals surface area contributed by atoms with E-state index in [1.54, 1.807) is 24.5 Å². The summed E-state index contributed by atoms with van der Waals surface area (Å²) in [5.74, 6) is 0.698. The molecule has 0 aliphatic heterocycles. The molecule has 1 aromatic carbocycles. The van der Waals surface area contributed by atoms with Crippen molar-refractivity contribution >= 4 is 16.9 Å². The van der Waals surface area contributed by atoms with Gasteiger partial charge < -0.3 is 11.1 Å². The van der Waals surface area contributed by atoms with Crippen molar-refractivity contribution in [2.24, 2.45) is 5.73 Å². The zero-order chi connectivity index (χ0) is 16.1. The van der Waals surface area contributed by atoms with Crippen molar-refractivity contribution in [2.75, 3.05) is 18.4 Å². The lowest BCUT2D eigenvalue weighted by atomic mass is 10.1. The van der Waals surface area contributed by atoms with E-state index >= 15 is 0 Å². The standard InChI is InChI=1S/C17H16N6/c18-6-1-7-22-17-16-15(20-8-9-21-16)10-14(23-17)13-4-2-12(11-19)3-5-13/h2-5,8-10H,1,6-7,18H2,(H,22,23). The molecule has 3 N–H and O–H groups in total. The second-order valence-corrected chi connectivity index (χ2v) is 5.04. The summed E-state index contributed by atoms with van der Waals surface area (Å²) in [6.07, 6.45) is 4.17. The fourth-order valence-corrected chi connectivity index (χ4v) is 2.27. The maximum Gasteiger partial charge on any atom is 0.154 e. The van der Waals surface area contributed by atoms with Crippen molar-refractivity contribution in [3.63, 3.8) is 0 Å². The van der Waals surface area contributed by atoms with Gasteiger partial charge in [-0.15, -0.1) is 0 Å². The van der Waals surface area contributed by atoms with Crippen LogP contribution in [0.3, 0.4) is 0 Å². The first-order chi connectivity index (χ1) is 11.3. The summed E-state index contributed by atoms with van der Waals surface area (Å²) >= 11 is 0. The second-order valence-electron chi connectivity index (χ2n) is 5.04. The Morgan fingerprint density at radius 3 is 2.65 bits per heavy atom. The average Bonchev–Trinajstić information content (AvgIpc) is 2.62. The fourth-order valence-electron chi connectivity index (χ4n) is 2.27. The van der Waals surface area contributed by atoms with Gasteiger partial charge in [0.25, 0.3) is 0 Å². The Balaban J connectivity index is 2.04. The van der Waals surface area contributed by atoms with E-state index in [9.17, 15) is 0 Å². The van der Waals surface area contributed by atoms with E-state index in [4.69, 9.17) is 11.0 Å². The number of rotatable bonds is 5. The maximum atomic E-state index is 8.90. The smallest absolute Gasteiger partial charge is 0.154 e. The summed E-state index contributed by atoms with van der Waals surface area (Å²) in [4.78, 5) is 13.4. The summed E-state index contributed by atoms with van der Waals surface area (Å²) in [5.41, 5.74) is 9.39. The fraction of sp³-hybridized carbons (Fsp3) is 0.176. The van der Waals surface area contributed by atoms with E-state index in [1.807, 2.05) is 18.2 Å². The molecule has 6 nitrogen and oxygen atoms in total. The third-order valence-corrected chi connectivity index (χ3v) is 3.44. The first-order valence-corrected chi connectivity index (χ1v) is 7.38. The molecular formula is C17H16N6. The molecule has 3 aromatic rings. The number of nitriles is 1. The van der Waals surface area contributed by atoms with E-state index in [2.05, 4.69) is 26.3 Å². The molecule has 0 atom stereocenters. The molecule has 0 saturated carbocycles. The van der Waals surface area contributed by atoms with E-state index in [-0.39, 0.29) is 0 Å². The minimum atomic E-state index is 0.617. The maximum absolute atomic E-state index is 8.90. The number of anilines is 1. The summed E-state index contributed by atoms with van der Waals surface area (Å²) in [6, 6.07) is 11.3. The Bertz CT molecular complexity index is 851. The molecule has 0 aliphatic carbocycles. The molecule has 3 rings (SSSR count). The third kappa shape index (κ3) is 3.25. The molecule has 0 bridgehead atoms. The summed E-state index contributed by atoms with van der Waals surface area (Å²) in [6.45, 7) is 1.35. The Morgan fingerprint density at radius 1 is 1.13 bits per heavy atom. The van der Waals surface area contributed by atoms with Gasteiger partial charge in [-0.1, -0.05) is 12.1 Å². The molecule has 6 heteroatoms. The zero-order valence-electron chi connectivity index (χ0n) is 12.5. The lowest BCUT2D eigenvalue weighted by Gasteiger charge is -2.10. The topological polar surface area (TPSA) is 101 Å². The van der Waals surface area contributed by atoms with Crippen LogP contribution in [0, 0.1) is 11.3 Å². The van der Waals surface area contributed by atoms with Gasteiger partial charge in [-0.3, -0.25) is 4.98 Å². The van der Waals surface area contributed by atoms with Crippen LogP contribution in [0.4, 0.5) is 5.82 Å². The zero-order valence-corrected chi connectivity index (χ0v) is 12.5. The van der Waals surface area contributed by atoms with Gasteiger partial charge in [0.2, 0.25) is 0 Å². The summed E-state index contributed by atoms with van der Waals surface area (Å²) in [5, 5.41) is 12.2. The highest BCUT2D eigenvalue weighted by atomic mass is 15.0. The SMILES string of the molecule is N#Cc1ccc(-c2cc3nccnc3c(NCCCN)n2)cc1. The van der Waals surface area contributed by atoms with Crippen LogP contribution in [-0.4, -0.2) is 28.0 Å². The normalized spacial score (nSPS) is 10.4. The molecule has 0 amide bonds. The van der Waals surface area contributed by atoms with E-state index in [0.29, 0.717) is 17.9 Å². The van der Waals surface area contributed by atoms with Crippen molar-refractivity contribution in [1.29, 1.82) is 5.26 Å². The van der Waals surface area contributed by atoms with Crippen molar-refractivity contribution in [1.82, 2.24) is 15.0 Å². The number of aromatic nitrogens is 3. The quantitative estimate of drug-likeness (QED) is 0.702. The van der Waals surface area contributed by atoms with Gasteiger partial charge >= 0.3 is 0 Å². The van der Waals surface area contributed by atoms with E-state index in [1.165, 1.54) is 0 Å². The van der Waals surface area contributed by atoms with Crippen molar-refractivity contribution in [3.8, 4) is 17.3 Å². The van der Waals surface area contributed by atoms with Gasteiger partial charge in [0.05, 0.1) is 22.8 Å². The average molecular weight is 304 g/mol. The van der Waals surface area contributed by atoms with Crippen LogP contribution in [0.25, 0.3) is 22.3 Å². The van der Waals surface area contributed by atoms with Crippen LogP contribution in [0.5, 0.6) is 0 Å². The largest absolute Gasteiger partial charge is 0.368 e. The van der Waals surface area contributed by atoms with Gasteiger partial charge in [-0.2, -0.15) is 5.26 Å². The van der Waals surface area contributed by atoms with Crippen molar-refractivity contribution in [3.05, 3.63) is 48.3 Å². The summed E-state index contributed by atoms with van der Waals surface area (Å²) in [7, 11) is 0. The van der Waals surface area contributed by atoms with Crippen LogP contribution >= 0.6 is 0 Å². The van der Waals surface area contributed by atoms with Crippen LogP contribution in [0.2, 0.25) is 0 Å². The number of hydrogen-bond donors (Lipinski definition) is 2. The Labute approximate surface area is 134 Å². The van der Waals surface area contributed by atoms with Gasteiger partial charge in [-0.25, -0.2) is 9.97 Å². The minimum absolute atomic E-state index is 0.617. The Hall–Kier alpha value is -3.04. The van der Waals surface area contributed by atoms with Crippen molar-refractivity contribution in [2.45, 2.75) is 6.42 Å². The first-order valence-electron chi connectivity index (χ1n) is 7.38. The second kappa shape index (κ2) is 6.81. The monoisotopic (exact) mass is 304 g/mol. The number of pyridine rings is 1. The van der Waals surface area contributed by atoms with Gasteiger partial charge in [-0.05, 0) is 31.2 Å². The Kier molecular flexibility index (Phi) is 4.41. The van der Waals surface area contributed by atoms with E-state index < -0.39 is 0 Å². The highest BCUT2D eigenvalue weighted by molar-refractivity contribution is 5.88. The molecule has 2 heterocycles. The number of hydrogen-bond acceptors (Lipinski definition) is 6. The number of fused-ring (bicyclic) bond motifs is 1. The van der Waals surface area contributed by atoms with Crippen LogP contribution in [0.15, 0.2) is 42.7 Å². The number of nitrogens with one attached hydrogen (secondary N) is 1. The van der Waals surface area contributed by atoms with E-state index in [0.717, 1.165) is 35.3 Å². The number of benzene rings is 1. The lowest BCUT2D eigenvalue weighted by molar-refractivity contribution is 0.871. The highest BCUT2D eigenvalue weighted by Gasteiger charge is 2.09. The molecule has 0 unspecified atom stereocenters. The molecule has 0 saturated heterocycles. The predicted octanol–water partition coefficient (Wildman–Crippen LogP) is 2.32. The molecule has 114 valence electrons. The molecule has 0 fully saturated rings. The van der Waals surface area contributed by atoms with Crippen LogP contribution in [-0.2, 0) is 0 Å². The molecule has 23 heavy (non-hydrogen) atoms. The first kappa shape index (κ1) is 14.9. The number of nitrogens with zero attached hydrogens (tertiary/aromatic N) is 4. The van der Waals surface area contributed by atoms with Gasteiger partial charge in [0, 0.05) is 24.5 Å². The van der Waals surface area contributed by atoms with Crippen LogP contribution < -0.4 is 11.1 Å². The molecule has 0 aliphatic rings. The predicted molar refractivity (Wildman–Crippen MR) is 89.6 cm³/mol. The molecule has 0 spiro atoms. The molecule has 0 radical (unpaired) electrons. The van der Waals surface area contributed by atoms with Gasteiger partial charge in [0.1, 0.15) is 5.52 Å². The molecular weight excluding hydrogens is 288 g/mol. The molecule has 2 aromatic heterocycles. The Morgan fingerprint density at radius 2 is 1.91 bits per heavy atom. The summed E-state index contributed by atoms with van der Waals surface area (Å²) < 4.78 is 0. The number of nitrogens with two attached hydrogens (primary N) is 1. The van der Waals surface area contributed by atoms with Gasteiger partial charge in [0.15, 0.2) is 5.82 Å². The highest BCUT2D eigenvalue weighted by Crippen LogP contribution is 2.25. The van der Waals surface area contributed by atoms with Crippen molar-refractivity contribution < 1.29 is 0 Å². The lowest BCUT2D eigenvalue weighted by Crippen LogP contribution is -2.10. The third-order valence-electron chi connectivity index (χ3n) is 3.44. The van der Waals surface area contributed by atoms with Crippen LogP contribution in [0.1, 0.15) is 12.0 Å².